The minimum atomic E-state index is 0.0687. The van der Waals surface area contributed by atoms with Gasteiger partial charge in [-0.15, -0.1) is 0 Å². The van der Waals surface area contributed by atoms with E-state index in [0.717, 1.165) is 30.6 Å². The molecule has 102 valence electrons. The molecule has 1 aromatic carbocycles. The molecule has 0 aromatic heterocycles. The van der Waals surface area contributed by atoms with Crippen molar-refractivity contribution in [3.05, 3.63) is 29.8 Å². The van der Waals surface area contributed by atoms with Crippen molar-refractivity contribution in [3.63, 3.8) is 0 Å². The third-order valence-corrected chi connectivity index (χ3v) is 3.34. The molecule has 0 atom stereocenters. The minimum Gasteiger partial charge on any atom is -0.411 e. The summed E-state index contributed by atoms with van der Waals surface area (Å²) >= 11 is 0. The maximum atomic E-state index is 11.9. The van der Waals surface area contributed by atoms with E-state index in [0.29, 0.717) is 12.3 Å². The zero-order valence-electron chi connectivity index (χ0n) is 11.3. The van der Waals surface area contributed by atoms with Gasteiger partial charge in [-0.05, 0) is 18.9 Å². The highest BCUT2D eigenvalue weighted by atomic mass is 16.4. The van der Waals surface area contributed by atoms with Gasteiger partial charge in [-0.1, -0.05) is 23.4 Å². The van der Waals surface area contributed by atoms with Gasteiger partial charge in [0.1, 0.15) is 0 Å². The quantitative estimate of drug-likeness (QED) is 0.649. The number of nitrogens with zero attached hydrogens (tertiary/aromatic N) is 3. The average molecular weight is 261 g/mol. The van der Waals surface area contributed by atoms with Crippen molar-refractivity contribution in [3.8, 4) is 0 Å². The van der Waals surface area contributed by atoms with Crippen LogP contribution in [0.5, 0.6) is 0 Å². The Morgan fingerprint density at radius 3 is 2.84 bits per heavy atom. The van der Waals surface area contributed by atoms with Gasteiger partial charge in [-0.25, -0.2) is 0 Å². The van der Waals surface area contributed by atoms with Crippen molar-refractivity contribution in [1.82, 2.24) is 4.90 Å². The van der Waals surface area contributed by atoms with Gasteiger partial charge in [0.25, 0.3) is 0 Å². The molecular weight excluding hydrogens is 242 g/mol. The lowest BCUT2D eigenvalue weighted by Crippen LogP contribution is -2.37. The van der Waals surface area contributed by atoms with Crippen LogP contribution in [0.4, 0.5) is 5.69 Å². The van der Waals surface area contributed by atoms with E-state index >= 15 is 0 Å². The summed E-state index contributed by atoms with van der Waals surface area (Å²) in [5.74, 6) is 0.0687. The Kier molecular flexibility index (Phi) is 4.04. The van der Waals surface area contributed by atoms with Crippen LogP contribution in [0.15, 0.2) is 29.4 Å². The van der Waals surface area contributed by atoms with Gasteiger partial charge in [0.2, 0.25) is 5.91 Å². The number of rotatable bonds is 2. The monoisotopic (exact) mass is 261 g/mol. The summed E-state index contributed by atoms with van der Waals surface area (Å²) in [6, 6.07) is 7.76. The average Bonchev–Trinajstić information content (AvgIpc) is 2.58. The number of carbonyl (C=O) groups is 1. The van der Waals surface area contributed by atoms with Crippen LogP contribution in [0.1, 0.15) is 18.4 Å². The van der Waals surface area contributed by atoms with Crippen LogP contribution in [0.3, 0.4) is 0 Å². The van der Waals surface area contributed by atoms with Gasteiger partial charge < -0.3 is 15.0 Å². The topological polar surface area (TPSA) is 56.1 Å². The van der Waals surface area contributed by atoms with Crippen LogP contribution < -0.4 is 4.90 Å². The summed E-state index contributed by atoms with van der Waals surface area (Å²) in [7, 11) is 3.51. The van der Waals surface area contributed by atoms with Crippen LogP contribution >= 0.6 is 0 Å². The lowest BCUT2D eigenvalue weighted by atomic mass is 10.1. The van der Waals surface area contributed by atoms with E-state index in [4.69, 9.17) is 5.21 Å². The van der Waals surface area contributed by atoms with E-state index in [1.165, 1.54) is 0 Å². The molecule has 0 bridgehead atoms. The summed E-state index contributed by atoms with van der Waals surface area (Å²) in [5, 5.41) is 12.5. The summed E-state index contributed by atoms with van der Waals surface area (Å²) in [4.78, 5) is 15.5. The van der Waals surface area contributed by atoms with Crippen LogP contribution in [-0.4, -0.2) is 48.9 Å². The van der Waals surface area contributed by atoms with Crippen LogP contribution in [0.25, 0.3) is 0 Å². The molecule has 1 heterocycles. The molecule has 1 amide bonds. The van der Waals surface area contributed by atoms with E-state index in [1.807, 2.05) is 24.3 Å². The summed E-state index contributed by atoms with van der Waals surface area (Å²) in [6.45, 7) is 1.14. The van der Waals surface area contributed by atoms with E-state index in [2.05, 4.69) is 10.1 Å². The van der Waals surface area contributed by atoms with Gasteiger partial charge in [-0.2, -0.15) is 0 Å². The SMILES string of the molecule is CN(C)C(=O)CN1CCC/C(=N/O)c2ccccc21. The number of carbonyl (C=O) groups excluding carboxylic acids is 1. The van der Waals surface area contributed by atoms with Crippen molar-refractivity contribution in [2.75, 3.05) is 32.1 Å². The molecule has 1 aliphatic rings. The van der Waals surface area contributed by atoms with E-state index < -0.39 is 0 Å². The van der Waals surface area contributed by atoms with E-state index in [9.17, 15) is 4.79 Å². The third-order valence-electron chi connectivity index (χ3n) is 3.34. The molecule has 0 saturated carbocycles. The van der Waals surface area contributed by atoms with Gasteiger partial charge in [0.05, 0.1) is 12.3 Å². The first-order chi connectivity index (χ1) is 9.13. The summed E-state index contributed by atoms with van der Waals surface area (Å²) < 4.78 is 0. The fraction of sp³-hybridized carbons (Fsp3) is 0.429. The molecule has 1 aliphatic heterocycles. The molecule has 0 aliphatic carbocycles. The van der Waals surface area contributed by atoms with Crippen molar-refractivity contribution >= 4 is 17.3 Å². The lowest BCUT2D eigenvalue weighted by molar-refractivity contribution is -0.127. The molecule has 5 heteroatoms. The number of hydrogen-bond acceptors (Lipinski definition) is 4. The lowest BCUT2D eigenvalue weighted by Gasteiger charge is -2.25. The molecule has 19 heavy (non-hydrogen) atoms. The van der Waals surface area contributed by atoms with Crippen molar-refractivity contribution in [2.24, 2.45) is 5.16 Å². The van der Waals surface area contributed by atoms with Gasteiger partial charge >= 0.3 is 0 Å². The van der Waals surface area contributed by atoms with Crippen molar-refractivity contribution < 1.29 is 10.0 Å². The zero-order valence-corrected chi connectivity index (χ0v) is 11.3. The molecular formula is C14H19N3O2. The first kappa shape index (κ1) is 13.4. The Morgan fingerprint density at radius 2 is 2.16 bits per heavy atom. The maximum Gasteiger partial charge on any atom is 0.241 e. The second-order valence-corrected chi connectivity index (χ2v) is 4.88. The molecule has 1 N–H and O–H groups in total. The fourth-order valence-electron chi connectivity index (χ4n) is 2.26. The molecule has 5 nitrogen and oxygen atoms in total. The third kappa shape index (κ3) is 2.86. The summed E-state index contributed by atoms with van der Waals surface area (Å²) in [5.41, 5.74) is 2.56. The van der Waals surface area contributed by atoms with Crippen molar-refractivity contribution in [2.45, 2.75) is 12.8 Å². The number of amides is 1. The summed E-state index contributed by atoms with van der Waals surface area (Å²) in [6.07, 6.45) is 1.59. The van der Waals surface area contributed by atoms with Gasteiger partial charge in [0.15, 0.2) is 0 Å². The number of fused-ring (bicyclic) bond motifs is 1. The van der Waals surface area contributed by atoms with Crippen LogP contribution in [0, 0.1) is 0 Å². The van der Waals surface area contributed by atoms with Gasteiger partial charge in [0, 0.05) is 31.9 Å². The van der Waals surface area contributed by atoms with E-state index in [1.54, 1.807) is 19.0 Å². The second kappa shape index (κ2) is 5.73. The molecule has 2 rings (SSSR count). The molecule has 1 aromatic rings. The zero-order chi connectivity index (χ0) is 13.8. The largest absolute Gasteiger partial charge is 0.411 e. The standard InChI is InChI=1S/C14H19N3O2/c1-16(2)14(18)10-17-9-5-7-12(15-19)11-6-3-4-8-13(11)17/h3-4,6,8,19H,5,7,9-10H2,1-2H3/b15-12-. The normalized spacial score (nSPS) is 16.9. The molecule has 0 fully saturated rings. The molecule has 0 saturated heterocycles. The number of oxime groups is 1. The smallest absolute Gasteiger partial charge is 0.241 e. The first-order valence-corrected chi connectivity index (χ1v) is 6.39. The number of benzene rings is 1. The highest BCUT2D eigenvalue weighted by Crippen LogP contribution is 2.26. The highest BCUT2D eigenvalue weighted by molar-refractivity contribution is 6.05. The van der Waals surface area contributed by atoms with Crippen LogP contribution in [-0.2, 0) is 4.79 Å². The molecule has 0 spiro atoms. The number of para-hydroxylation sites is 1. The number of hydrogen-bond donors (Lipinski definition) is 1. The number of anilines is 1. The van der Waals surface area contributed by atoms with Crippen molar-refractivity contribution in [1.29, 1.82) is 0 Å². The Balaban J connectivity index is 2.33. The highest BCUT2D eigenvalue weighted by Gasteiger charge is 2.21. The Hall–Kier alpha value is -2.04. The predicted octanol–water partition coefficient (Wildman–Crippen LogP) is 1.55. The minimum absolute atomic E-state index is 0.0687. The Morgan fingerprint density at radius 1 is 1.42 bits per heavy atom. The fourth-order valence-corrected chi connectivity index (χ4v) is 2.26. The van der Waals surface area contributed by atoms with E-state index in [-0.39, 0.29) is 5.91 Å². The van der Waals surface area contributed by atoms with Crippen LogP contribution in [0.2, 0.25) is 0 Å². The molecule has 0 radical (unpaired) electrons. The van der Waals surface area contributed by atoms with Gasteiger partial charge in [-0.3, -0.25) is 4.79 Å². The Bertz CT molecular complexity index is 497. The number of likely N-dealkylation sites (N-methyl/N-ethyl adjacent to an activating group) is 1. The predicted molar refractivity (Wildman–Crippen MR) is 74.9 cm³/mol. The first-order valence-electron chi connectivity index (χ1n) is 6.39. The maximum absolute atomic E-state index is 11.9. The Labute approximate surface area is 113 Å². The molecule has 0 unspecified atom stereocenters. The second-order valence-electron chi connectivity index (χ2n) is 4.88.